The number of likely N-dealkylation sites (tertiary alicyclic amines) is 2. The topological polar surface area (TPSA) is 55.8 Å². The van der Waals surface area contributed by atoms with Gasteiger partial charge >= 0.3 is 0 Å². The van der Waals surface area contributed by atoms with Crippen LogP contribution in [-0.2, 0) is 11.3 Å². The van der Waals surface area contributed by atoms with Gasteiger partial charge in [-0.25, -0.2) is 0 Å². The third kappa shape index (κ3) is 6.27. The summed E-state index contributed by atoms with van der Waals surface area (Å²) in [6, 6.07) is 9.37. The van der Waals surface area contributed by atoms with Gasteiger partial charge in [-0.15, -0.1) is 0 Å². The average molecular weight is 402 g/mol. The highest BCUT2D eigenvalue weighted by atomic mass is 16.3. The van der Waals surface area contributed by atoms with Crippen molar-refractivity contribution >= 4 is 5.91 Å². The molecule has 0 atom stereocenters. The highest BCUT2D eigenvalue weighted by Crippen LogP contribution is 2.25. The highest BCUT2D eigenvalue weighted by Gasteiger charge is 2.31. The number of aliphatic hydroxyl groups excluding tert-OH is 1. The van der Waals surface area contributed by atoms with E-state index in [0.29, 0.717) is 12.6 Å². The number of carbonyl (C=O) groups is 1. The molecule has 1 amide bonds. The third-order valence-electron chi connectivity index (χ3n) is 6.80. The number of amides is 1. The van der Waals surface area contributed by atoms with Crippen LogP contribution in [-0.4, -0.2) is 66.2 Å². The molecule has 1 aromatic rings. The van der Waals surface area contributed by atoms with Gasteiger partial charge in [-0.3, -0.25) is 9.69 Å². The Morgan fingerprint density at radius 3 is 2.38 bits per heavy atom. The van der Waals surface area contributed by atoms with E-state index in [1.165, 1.54) is 24.0 Å². The molecule has 2 aliphatic rings. The van der Waals surface area contributed by atoms with Gasteiger partial charge in [-0.1, -0.05) is 38.1 Å². The molecule has 0 bridgehead atoms. The average Bonchev–Trinajstić information content (AvgIpc) is 2.74. The molecule has 0 spiro atoms. The van der Waals surface area contributed by atoms with E-state index in [9.17, 15) is 9.90 Å². The van der Waals surface area contributed by atoms with Crippen LogP contribution in [0.4, 0.5) is 0 Å². The number of nitrogens with zero attached hydrogens (tertiary/aromatic N) is 2. The zero-order valence-corrected chi connectivity index (χ0v) is 18.5. The van der Waals surface area contributed by atoms with Crippen molar-refractivity contribution in [3.05, 3.63) is 35.4 Å². The Morgan fingerprint density at radius 2 is 1.76 bits per heavy atom. The lowest BCUT2D eigenvalue weighted by Crippen LogP contribution is -2.49. The molecular formula is C24H39N3O2. The van der Waals surface area contributed by atoms with Crippen LogP contribution in [0.1, 0.15) is 50.7 Å². The molecule has 1 aromatic carbocycles. The first-order valence-electron chi connectivity index (χ1n) is 11.3. The zero-order valence-electron chi connectivity index (χ0n) is 18.5. The largest absolute Gasteiger partial charge is 0.396 e. The molecule has 2 N–H and O–H groups in total. The highest BCUT2D eigenvalue weighted by molar-refractivity contribution is 5.78. The van der Waals surface area contributed by atoms with Gasteiger partial charge in [0.2, 0.25) is 5.91 Å². The van der Waals surface area contributed by atoms with Gasteiger partial charge in [0, 0.05) is 37.1 Å². The van der Waals surface area contributed by atoms with E-state index in [1.54, 1.807) is 0 Å². The molecule has 5 nitrogen and oxygen atoms in total. The van der Waals surface area contributed by atoms with Crippen molar-refractivity contribution in [2.45, 2.75) is 59.0 Å². The summed E-state index contributed by atoms with van der Waals surface area (Å²) in [7, 11) is 0. The molecule has 0 unspecified atom stereocenters. The summed E-state index contributed by atoms with van der Waals surface area (Å²) >= 11 is 0. The molecule has 2 heterocycles. The van der Waals surface area contributed by atoms with E-state index in [2.05, 4.69) is 46.3 Å². The summed E-state index contributed by atoms with van der Waals surface area (Å²) in [5, 5.41) is 12.4. The fourth-order valence-electron chi connectivity index (χ4n) is 4.52. The van der Waals surface area contributed by atoms with Crippen molar-refractivity contribution in [2.75, 3.05) is 39.3 Å². The normalized spacial score (nSPS) is 20.7. The summed E-state index contributed by atoms with van der Waals surface area (Å²) < 4.78 is 0. The lowest BCUT2D eigenvalue weighted by molar-refractivity contribution is -0.127. The van der Waals surface area contributed by atoms with Gasteiger partial charge in [0.25, 0.3) is 0 Å². The second kappa shape index (κ2) is 10.1. The van der Waals surface area contributed by atoms with E-state index in [4.69, 9.17) is 0 Å². The number of aliphatic hydroxyl groups is 1. The maximum Gasteiger partial charge on any atom is 0.223 e. The van der Waals surface area contributed by atoms with Crippen molar-refractivity contribution < 1.29 is 9.90 Å². The fraction of sp³-hybridized carbons (Fsp3) is 0.708. The van der Waals surface area contributed by atoms with Gasteiger partial charge in [0.15, 0.2) is 0 Å². The predicted octanol–water partition coefficient (Wildman–Crippen LogP) is 2.81. The van der Waals surface area contributed by atoms with Crippen molar-refractivity contribution in [3.8, 4) is 0 Å². The van der Waals surface area contributed by atoms with Crippen LogP contribution >= 0.6 is 0 Å². The minimum Gasteiger partial charge on any atom is -0.396 e. The number of nitrogens with one attached hydrogen (secondary N) is 1. The Hall–Kier alpha value is -1.43. The molecule has 2 saturated heterocycles. The number of aryl methyl sites for hydroxylation is 1. The van der Waals surface area contributed by atoms with E-state index in [0.717, 1.165) is 45.6 Å². The molecule has 2 aliphatic heterocycles. The summed E-state index contributed by atoms with van der Waals surface area (Å²) in [6.07, 6.45) is 4.37. The van der Waals surface area contributed by atoms with Gasteiger partial charge in [-0.2, -0.15) is 0 Å². The maximum atomic E-state index is 12.5. The van der Waals surface area contributed by atoms with Crippen LogP contribution in [0.25, 0.3) is 0 Å². The number of hydrogen-bond donors (Lipinski definition) is 2. The Bertz CT molecular complexity index is 660. The Morgan fingerprint density at radius 1 is 1.10 bits per heavy atom. The lowest BCUT2D eigenvalue weighted by Gasteiger charge is -2.41. The molecule has 0 aromatic heterocycles. The number of benzene rings is 1. The number of carbonyl (C=O) groups excluding carboxylic acids is 1. The van der Waals surface area contributed by atoms with Crippen molar-refractivity contribution in [3.63, 3.8) is 0 Å². The SMILES string of the molecule is Cc1ccccc1CN1CCC(N2CCC(C(=O)NCC(C)(C)CO)CC2)CC1. The smallest absolute Gasteiger partial charge is 0.223 e. The van der Waals surface area contributed by atoms with Crippen LogP contribution in [0.15, 0.2) is 24.3 Å². The van der Waals surface area contributed by atoms with Gasteiger partial charge < -0.3 is 15.3 Å². The van der Waals surface area contributed by atoms with E-state index in [1.807, 2.05) is 13.8 Å². The monoisotopic (exact) mass is 401 g/mol. The van der Waals surface area contributed by atoms with Crippen LogP contribution in [0.3, 0.4) is 0 Å². The molecular weight excluding hydrogens is 362 g/mol. The van der Waals surface area contributed by atoms with E-state index >= 15 is 0 Å². The van der Waals surface area contributed by atoms with Gasteiger partial charge in [0.1, 0.15) is 0 Å². The molecule has 0 radical (unpaired) electrons. The Balaban J connectivity index is 1.39. The molecule has 29 heavy (non-hydrogen) atoms. The molecule has 0 saturated carbocycles. The second-order valence-corrected chi connectivity index (χ2v) is 9.78. The van der Waals surface area contributed by atoms with Crippen molar-refractivity contribution in [1.29, 1.82) is 0 Å². The summed E-state index contributed by atoms with van der Waals surface area (Å²) in [6.45, 7) is 12.2. The van der Waals surface area contributed by atoms with Crippen LogP contribution in [0.5, 0.6) is 0 Å². The first kappa shape index (κ1) is 22.3. The van der Waals surface area contributed by atoms with Crippen LogP contribution in [0, 0.1) is 18.3 Å². The quantitative estimate of drug-likeness (QED) is 0.738. The maximum absolute atomic E-state index is 12.5. The molecule has 3 rings (SSSR count). The standard InChI is InChI=1S/C24H39N3O2/c1-19-6-4-5-7-21(19)16-26-12-10-22(11-13-26)27-14-8-20(9-15-27)23(29)25-17-24(2,3)18-28/h4-7,20,22,28H,8-18H2,1-3H3,(H,25,29). The molecule has 162 valence electrons. The predicted molar refractivity (Wildman–Crippen MR) is 118 cm³/mol. The second-order valence-electron chi connectivity index (χ2n) is 9.78. The minimum absolute atomic E-state index is 0.0915. The molecule has 0 aliphatic carbocycles. The summed E-state index contributed by atoms with van der Waals surface area (Å²) in [5.74, 6) is 0.293. The minimum atomic E-state index is -0.247. The fourth-order valence-corrected chi connectivity index (χ4v) is 4.52. The molecule has 2 fully saturated rings. The van der Waals surface area contributed by atoms with Crippen molar-refractivity contribution in [1.82, 2.24) is 15.1 Å². The van der Waals surface area contributed by atoms with Crippen LogP contribution in [0.2, 0.25) is 0 Å². The van der Waals surface area contributed by atoms with Gasteiger partial charge in [-0.05, 0) is 69.9 Å². The van der Waals surface area contributed by atoms with E-state index < -0.39 is 0 Å². The summed E-state index contributed by atoms with van der Waals surface area (Å²) in [5.41, 5.74) is 2.59. The first-order chi connectivity index (χ1) is 13.9. The summed E-state index contributed by atoms with van der Waals surface area (Å²) in [4.78, 5) is 17.7. The van der Waals surface area contributed by atoms with Crippen molar-refractivity contribution in [2.24, 2.45) is 11.3 Å². The zero-order chi connectivity index (χ0) is 20.9. The number of hydrogen-bond acceptors (Lipinski definition) is 4. The Labute approximate surface area is 176 Å². The van der Waals surface area contributed by atoms with Gasteiger partial charge in [0.05, 0.1) is 0 Å². The third-order valence-corrected chi connectivity index (χ3v) is 6.80. The van der Waals surface area contributed by atoms with Crippen LogP contribution < -0.4 is 5.32 Å². The first-order valence-corrected chi connectivity index (χ1v) is 11.3. The number of piperidine rings is 2. The number of rotatable bonds is 7. The Kier molecular flexibility index (Phi) is 7.72. The molecule has 5 heteroatoms. The lowest BCUT2D eigenvalue weighted by atomic mass is 9.91. The van der Waals surface area contributed by atoms with E-state index in [-0.39, 0.29) is 23.8 Å².